The monoisotopic (exact) mass is 251 g/mol. The second-order valence-corrected chi connectivity index (χ2v) is 4.96. The lowest BCUT2D eigenvalue weighted by atomic mass is 9.97. The van der Waals surface area contributed by atoms with Crippen molar-refractivity contribution in [2.75, 3.05) is 13.6 Å². The number of benzene rings is 1. The van der Waals surface area contributed by atoms with Crippen molar-refractivity contribution in [2.45, 2.75) is 44.3 Å². The number of rotatable bonds is 5. The van der Waals surface area contributed by atoms with E-state index in [1.807, 2.05) is 19.2 Å². The lowest BCUT2D eigenvalue weighted by Crippen LogP contribution is -2.26. The van der Waals surface area contributed by atoms with E-state index in [4.69, 9.17) is 4.74 Å². The molecule has 0 aromatic heterocycles. The third-order valence-electron chi connectivity index (χ3n) is 3.55. The molecule has 1 N–H and O–H groups in total. The van der Waals surface area contributed by atoms with Crippen LogP contribution in [0.2, 0.25) is 0 Å². The maximum absolute atomic E-state index is 13.8. The number of nitrogens with one attached hydrogen (secondary N) is 1. The third kappa shape index (κ3) is 3.53. The minimum atomic E-state index is -0.181. The van der Waals surface area contributed by atoms with E-state index in [-0.39, 0.29) is 18.0 Å². The van der Waals surface area contributed by atoms with Crippen LogP contribution in [0.25, 0.3) is 0 Å². The van der Waals surface area contributed by atoms with Crippen molar-refractivity contribution in [3.05, 3.63) is 35.6 Å². The van der Waals surface area contributed by atoms with Crippen LogP contribution in [0.15, 0.2) is 24.3 Å². The normalized spacial score (nSPS) is 18.8. The highest BCUT2D eigenvalue weighted by Gasteiger charge is 2.21. The van der Waals surface area contributed by atoms with Crippen LogP contribution in [0.1, 0.15) is 43.8 Å². The summed E-state index contributed by atoms with van der Waals surface area (Å²) in [5.41, 5.74) is 0.664. The van der Waals surface area contributed by atoms with Crippen LogP contribution >= 0.6 is 0 Å². The molecule has 100 valence electrons. The fraction of sp³-hybridized carbons (Fsp3) is 0.600. The van der Waals surface area contributed by atoms with Crippen molar-refractivity contribution in [3.8, 4) is 0 Å². The summed E-state index contributed by atoms with van der Waals surface area (Å²) < 4.78 is 19.9. The second-order valence-electron chi connectivity index (χ2n) is 4.96. The molecular formula is C15H22FNO. The number of hydrogen-bond donors (Lipinski definition) is 1. The summed E-state index contributed by atoms with van der Waals surface area (Å²) in [7, 11) is 1.87. The summed E-state index contributed by atoms with van der Waals surface area (Å²) in [5.74, 6) is -0.173. The highest BCUT2D eigenvalue weighted by Crippen LogP contribution is 2.27. The van der Waals surface area contributed by atoms with Crippen molar-refractivity contribution in [1.82, 2.24) is 5.32 Å². The van der Waals surface area contributed by atoms with Crippen LogP contribution in [-0.4, -0.2) is 19.7 Å². The Hall–Kier alpha value is -0.930. The Morgan fingerprint density at radius 3 is 2.67 bits per heavy atom. The molecule has 1 unspecified atom stereocenters. The lowest BCUT2D eigenvalue weighted by Gasteiger charge is -2.28. The standard InChI is InChI=1S/C15H22FNO/c1-17-11-15(13-9-5-6-10-14(13)16)18-12-7-3-2-4-8-12/h5-6,9-10,12,15,17H,2-4,7-8,11H2,1H3. The van der Waals surface area contributed by atoms with Gasteiger partial charge in [0.2, 0.25) is 0 Å². The van der Waals surface area contributed by atoms with E-state index >= 15 is 0 Å². The molecule has 0 saturated heterocycles. The van der Waals surface area contributed by atoms with Gasteiger partial charge in [0.05, 0.1) is 12.2 Å². The molecule has 2 nitrogen and oxygen atoms in total. The minimum Gasteiger partial charge on any atom is -0.369 e. The van der Waals surface area contributed by atoms with Crippen LogP contribution in [0.5, 0.6) is 0 Å². The van der Waals surface area contributed by atoms with Crippen LogP contribution in [0.4, 0.5) is 4.39 Å². The van der Waals surface area contributed by atoms with E-state index in [0.29, 0.717) is 12.1 Å². The fourth-order valence-corrected chi connectivity index (χ4v) is 2.59. The molecule has 0 bridgehead atoms. The van der Waals surface area contributed by atoms with Gasteiger partial charge in [-0.3, -0.25) is 0 Å². The maximum atomic E-state index is 13.8. The highest BCUT2D eigenvalue weighted by molar-refractivity contribution is 5.20. The largest absolute Gasteiger partial charge is 0.369 e. The summed E-state index contributed by atoms with van der Waals surface area (Å²) in [6, 6.07) is 6.91. The van der Waals surface area contributed by atoms with Crippen molar-refractivity contribution >= 4 is 0 Å². The molecule has 1 atom stereocenters. The van der Waals surface area contributed by atoms with E-state index in [2.05, 4.69) is 5.32 Å². The molecule has 0 spiro atoms. The Balaban J connectivity index is 2.05. The first-order valence-corrected chi connectivity index (χ1v) is 6.85. The fourth-order valence-electron chi connectivity index (χ4n) is 2.59. The first-order valence-electron chi connectivity index (χ1n) is 6.85. The predicted molar refractivity (Wildman–Crippen MR) is 71.0 cm³/mol. The molecule has 18 heavy (non-hydrogen) atoms. The van der Waals surface area contributed by atoms with Gasteiger partial charge in [0, 0.05) is 12.1 Å². The van der Waals surface area contributed by atoms with E-state index in [9.17, 15) is 4.39 Å². The van der Waals surface area contributed by atoms with E-state index in [0.717, 1.165) is 12.8 Å². The van der Waals surface area contributed by atoms with Crippen LogP contribution in [-0.2, 0) is 4.74 Å². The minimum absolute atomic E-state index is 0.173. The van der Waals surface area contributed by atoms with Gasteiger partial charge < -0.3 is 10.1 Å². The van der Waals surface area contributed by atoms with Gasteiger partial charge in [0.1, 0.15) is 5.82 Å². The molecule has 0 radical (unpaired) electrons. The van der Waals surface area contributed by atoms with Crippen molar-refractivity contribution in [1.29, 1.82) is 0 Å². The van der Waals surface area contributed by atoms with Crippen LogP contribution in [0.3, 0.4) is 0 Å². The van der Waals surface area contributed by atoms with E-state index < -0.39 is 0 Å². The Labute approximate surface area is 109 Å². The Morgan fingerprint density at radius 2 is 2.00 bits per heavy atom. The smallest absolute Gasteiger partial charge is 0.129 e. The predicted octanol–water partition coefficient (Wildman–Crippen LogP) is 3.44. The van der Waals surface area contributed by atoms with Gasteiger partial charge in [0.15, 0.2) is 0 Å². The molecule has 2 rings (SSSR count). The zero-order chi connectivity index (χ0) is 12.8. The quantitative estimate of drug-likeness (QED) is 0.865. The maximum Gasteiger partial charge on any atom is 0.129 e. The summed E-state index contributed by atoms with van der Waals surface area (Å²) >= 11 is 0. The molecule has 3 heteroatoms. The van der Waals surface area contributed by atoms with Gasteiger partial charge in [-0.05, 0) is 26.0 Å². The van der Waals surface area contributed by atoms with Gasteiger partial charge in [-0.2, -0.15) is 0 Å². The first kappa shape index (κ1) is 13.5. The molecule has 1 aromatic rings. The number of hydrogen-bond acceptors (Lipinski definition) is 2. The van der Waals surface area contributed by atoms with Gasteiger partial charge in [-0.1, -0.05) is 37.5 Å². The van der Waals surface area contributed by atoms with Gasteiger partial charge in [0.25, 0.3) is 0 Å². The Kier molecular flexibility index (Phi) is 5.14. The summed E-state index contributed by atoms with van der Waals surface area (Å²) in [6.45, 7) is 0.650. The molecule has 1 aliphatic carbocycles. The van der Waals surface area contributed by atoms with E-state index in [1.54, 1.807) is 6.07 Å². The molecule has 0 aliphatic heterocycles. The summed E-state index contributed by atoms with van der Waals surface area (Å²) in [6.07, 6.45) is 6.08. The van der Waals surface area contributed by atoms with Gasteiger partial charge in [-0.15, -0.1) is 0 Å². The molecule has 1 aliphatic rings. The molecule has 1 saturated carbocycles. The van der Waals surface area contributed by atoms with Crippen LogP contribution < -0.4 is 5.32 Å². The number of halogens is 1. The highest BCUT2D eigenvalue weighted by atomic mass is 19.1. The Morgan fingerprint density at radius 1 is 1.28 bits per heavy atom. The number of ether oxygens (including phenoxy) is 1. The third-order valence-corrected chi connectivity index (χ3v) is 3.55. The average Bonchev–Trinajstić information content (AvgIpc) is 2.40. The van der Waals surface area contributed by atoms with Crippen LogP contribution in [0, 0.1) is 5.82 Å². The van der Waals surface area contributed by atoms with E-state index in [1.165, 1.54) is 25.3 Å². The zero-order valence-electron chi connectivity index (χ0n) is 11.0. The molecule has 0 amide bonds. The summed E-state index contributed by atoms with van der Waals surface area (Å²) in [4.78, 5) is 0. The van der Waals surface area contributed by atoms with Gasteiger partial charge in [-0.25, -0.2) is 4.39 Å². The molecular weight excluding hydrogens is 229 g/mol. The first-order chi connectivity index (χ1) is 8.81. The topological polar surface area (TPSA) is 21.3 Å². The summed E-state index contributed by atoms with van der Waals surface area (Å²) in [5, 5.41) is 3.09. The average molecular weight is 251 g/mol. The second kappa shape index (κ2) is 6.86. The molecule has 1 fully saturated rings. The molecule has 0 heterocycles. The number of likely N-dealkylation sites (N-methyl/N-ethyl adjacent to an activating group) is 1. The van der Waals surface area contributed by atoms with Crippen molar-refractivity contribution in [3.63, 3.8) is 0 Å². The van der Waals surface area contributed by atoms with Crippen molar-refractivity contribution < 1.29 is 9.13 Å². The van der Waals surface area contributed by atoms with Crippen molar-refractivity contribution in [2.24, 2.45) is 0 Å². The Bertz CT molecular complexity index is 363. The van der Waals surface area contributed by atoms with Gasteiger partial charge >= 0.3 is 0 Å². The SMILES string of the molecule is CNCC(OC1CCCCC1)c1ccccc1F. The molecule has 1 aromatic carbocycles. The zero-order valence-corrected chi connectivity index (χ0v) is 11.0. The lowest BCUT2D eigenvalue weighted by molar-refractivity contribution is -0.0313.